The van der Waals surface area contributed by atoms with Crippen LogP contribution in [0.1, 0.15) is 10.5 Å². The fourth-order valence-corrected chi connectivity index (χ4v) is 1.01. The number of nitrogen functional groups attached to an aromatic ring is 1. The summed E-state index contributed by atoms with van der Waals surface area (Å²) in [5.41, 5.74) is 1.95. The first-order valence-electron chi connectivity index (χ1n) is 2.24. The van der Waals surface area contributed by atoms with Crippen molar-refractivity contribution in [3.63, 3.8) is 0 Å². The molecule has 1 amide bonds. The van der Waals surface area contributed by atoms with Crippen LogP contribution in [-0.4, -0.2) is 15.5 Å². The summed E-state index contributed by atoms with van der Waals surface area (Å²) in [4.78, 5) is 10.7. The van der Waals surface area contributed by atoms with Crippen molar-refractivity contribution in [1.82, 2.24) is 15.0 Å². The zero-order valence-corrected chi connectivity index (χ0v) is 6.24. The predicted octanol–water partition coefficient (Wildman–Crippen LogP) is -0.205. The van der Waals surface area contributed by atoms with Crippen LogP contribution in [0.5, 0.6) is 0 Å². The molecule has 0 aliphatic rings. The number of carbonyl (C=O) groups is 1. The summed E-state index contributed by atoms with van der Waals surface area (Å²) in [6.45, 7) is 0. The second kappa shape index (κ2) is 2.91. The van der Waals surface area contributed by atoms with Gasteiger partial charge in [0.25, 0.3) is 5.91 Å². The van der Waals surface area contributed by atoms with E-state index < -0.39 is 5.91 Å². The van der Waals surface area contributed by atoms with Gasteiger partial charge in [-0.3, -0.25) is 10.2 Å². The van der Waals surface area contributed by atoms with E-state index in [0.29, 0.717) is 0 Å². The average molecular weight is 179 g/mol. The molecule has 0 saturated heterocycles. The number of carbonyl (C=O) groups excluding carboxylic acids is 1. The molecule has 0 radical (unpaired) electrons. The van der Waals surface area contributed by atoms with Crippen LogP contribution in [0.25, 0.3) is 0 Å². The van der Waals surface area contributed by atoms with E-state index in [0.717, 1.165) is 11.5 Å². The molecule has 7 heteroatoms. The molecule has 10 heavy (non-hydrogen) atoms. The zero-order chi connectivity index (χ0) is 7.56. The van der Waals surface area contributed by atoms with E-state index in [4.69, 9.17) is 17.4 Å². The van der Waals surface area contributed by atoms with Gasteiger partial charge < -0.3 is 0 Å². The molecule has 0 spiro atoms. The number of aromatic nitrogens is 2. The molecular weight excluding hydrogens is 176 g/mol. The number of nitrogens with zero attached hydrogens (tertiary/aromatic N) is 2. The number of nitrogens with one attached hydrogen (secondary N) is 1. The number of nitrogens with two attached hydrogens (primary N) is 1. The molecule has 0 fully saturated rings. The molecule has 0 saturated carbocycles. The Morgan fingerprint density at radius 3 is 2.90 bits per heavy atom. The fourth-order valence-electron chi connectivity index (χ4n) is 0.383. The molecule has 0 atom stereocenters. The lowest BCUT2D eigenvalue weighted by Crippen LogP contribution is -2.30. The lowest BCUT2D eigenvalue weighted by Gasteiger charge is -1.90. The van der Waals surface area contributed by atoms with Crippen LogP contribution in [0, 0.1) is 0 Å². The Labute approximate surface area is 65.3 Å². The van der Waals surface area contributed by atoms with Crippen molar-refractivity contribution in [1.29, 1.82) is 0 Å². The number of hydrogen-bond donors (Lipinski definition) is 2. The van der Waals surface area contributed by atoms with Crippen LogP contribution in [0.3, 0.4) is 0 Å². The van der Waals surface area contributed by atoms with Crippen LogP contribution >= 0.6 is 23.1 Å². The zero-order valence-electron chi connectivity index (χ0n) is 4.67. The fraction of sp³-hybridized carbons (Fsp3) is 0. The van der Waals surface area contributed by atoms with Crippen molar-refractivity contribution >= 4 is 29.0 Å². The molecule has 1 aromatic rings. The Morgan fingerprint density at radius 1 is 1.80 bits per heavy atom. The third-order valence-electron chi connectivity index (χ3n) is 0.794. The van der Waals surface area contributed by atoms with Gasteiger partial charge in [-0.05, 0) is 0 Å². The van der Waals surface area contributed by atoms with Crippen LogP contribution in [0.2, 0.25) is 4.34 Å². The highest BCUT2D eigenvalue weighted by molar-refractivity contribution is 7.10. The number of hydrogen-bond acceptors (Lipinski definition) is 5. The maximum Gasteiger partial charge on any atom is 0.288 e. The van der Waals surface area contributed by atoms with Crippen LogP contribution in [0.4, 0.5) is 0 Å². The van der Waals surface area contributed by atoms with Gasteiger partial charge >= 0.3 is 0 Å². The van der Waals surface area contributed by atoms with Gasteiger partial charge in [0.15, 0.2) is 5.69 Å². The molecule has 5 nitrogen and oxygen atoms in total. The summed E-state index contributed by atoms with van der Waals surface area (Å²) in [7, 11) is 0. The van der Waals surface area contributed by atoms with Gasteiger partial charge in [0, 0.05) is 11.5 Å². The van der Waals surface area contributed by atoms with E-state index >= 15 is 0 Å². The van der Waals surface area contributed by atoms with Crippen molar-refractivity contribution in [2.45, 2.75) is 0 Å². The molecule has 1 heterocycles. The number of halogens is 1. The highest BCUT2D eigenvalue weighted by Gasteiger charge is 2.12. The Balaban J connectivity index is 2.93. The normalized spacial score (nSPS) is 9.40. The molecule has 1 aromatic heterocycles. The van der Waals surface area contributed by atoms with Crippen LogP contribution in [0.15, 0.2) is 0 Å². The van der Waals surface area contributed by atoms with Crippen molar-refractivity contribution in [3.05, 3.63) is 10.0 Å². The molecule has 0 unspecified atom stereocenters. The van der Waals surface area contributed by atoms with E-state index in [-0.39, 0.29) is 10.0 Å². The number of amides is 1. The Morgan fingerprint density at radius 2 is 2.50 bits per heavy atom. The Hall–Kier alpha value is -0.720. The van der Waals surface area contributed by atoms with Crippen molar-refractivity contribution in [2.24, 2.45) is 5.84 Å². The van der Waals surface area contributed by atoms with E-state index in [1.807, 2.05) is 5.43 Å². The second-order valence-electron chi connectivity index (χ2n) is 1.37. The molecule has 0 bridgehead atoms. The maximum absolute atomic E-state index is 10.7. The quantitative estimate of drug-likeness (QED) is 0.354. The van der Waals surface area contributed by atoms with Gasteiger partial charge in [-0.1, -0.05) is 16.1 Å². The summed E-state index contributed by atoms with van der Waals surface area (Å²) in [5.74, 6) is 4.28. The first kappa shape index (κ1) is 7.39. The van der Waals surface area contributed by atoms with Crippen LogP contribution in [-0.2, 0) is 0 Å². The molecule has 0 aromatic carbocycles. The Kier molecular flexibility index (Phi) is 2.15. The first-order valence-corrected chi connectivity index (χ1v) is 3.39. The van der Waals surface area contributed by atoms with Crippen molar-refractivity contribution in [3.8, 4) is 0 Å². The summed E-state index contributed by atoms with van der Waals surface area (Å²) in [5, 5.41) is 3.43. The predicted molar refractivity (Wildman–Crippen MR) is 36.6 cm³/mol. The highest BCUT2D eigenvalue weighted by atomic mass is 35.5. The number of hydrazine groups is 1. The van der Waals surface area contributed by atoms with E-state index in [9.17, 15) is 4.79 Å². The lowest BCUT2D eigenvalue weighted by atomic mass is 10.5. The molecular formula is C3H3ClN4OS. The van der Waals surface area contributed by atoms with Gasteiger partial charge in [0.05, 0.1) is 0 Å². The third kappa shape index (κ3) is 1.23. The topological polar surface area (TPSA) is 80.9 Å². The van der Waals surface area contributed by atoms with Gasteiger partial charge in [-0.2, -0.15) is 0 Å². The van der Waals surface area contributed by atoms with E-state index in [1.165, 1.54) is 0 Å². The third-order valence-corrected chi connectivity index (χ3v) is 1.70. The molecule has 54 valence electrons. The van der Waals surface area contributed by atoms with Gasteiger partial charge in [0.2, 0.25) is 0 Å². The first-order chi connectivity index (χ1) is 4.75. The summed E-state index contributed by atoms with van der Waals surface area (Å²) < 4.78 is 3.67. The SMILES string of the molecule is NNC(=O)c1nnsc1Cl. The maximum atomic E-state index is 10.7. The summed E-state index contributed by atoms with van der Waals surface area (Å²) in [6, 6.07) is 0. The van der Waals surface area contributed by atoms with Crippen molar-refractivity contribution in [2.75, 3.05) is 0 Å². The molecule has 1 rings (SSSR count). The van der Waals surface area contributed by atoms with E-state index in [1.54, 1.807) is 0 Å². The standard InChI is InChI=1S/C3H3ClN4OS/c4-2-1(3(9)6-5)7-8-10-2/h5H2,(H,6,9). The molecule has 0 aliphatic heterocycles. The summed E-state index contributed by atoms with van der Waals surface area (Å²) in [6.07, 6.45) is 0. The molecule has 3 N–H and O–H groups in total. The minimum atomic E-state index is -0.529. The van der Waals surface area contributed by atoms with Gasteiger partial charge in [-0.15, -0.1) is 5.10 Å². The van der Waals surface area contributed by atoms with Gasteiger partial charge in [-0.25, -0.2) is 5.84 Å². The molecule has 0 aliphatic carbocycles. The smallest absolute Gasteiger partial charge is 0.288 e. The average Bonchev–Trinajstić information content (AvgIpc) is 2.34. The summed E-state index contributed by atoms with van der Waals surface area (Å²) >= 11 is 6.43. The minimum Gasteiger partial charge on any atom is -0.289 e. The lowest BCUT2D eigenvalue weighted by molar-refractivity contribution is 0.0949. The highest BCUT2D eigenvalue weighted by Crippen LogP contribution is 2.16. The van der Waals surface area contributed by atoms with Crippen molar-refractivity contribution < 1.29 is 4.79 Å². The minimum absolute atomic E-state index is 0.0640. The largest absolute Gasteiger partial charge is 0.289 e. The monoisotopic (exact) mass is 178 g/mol. The Bertz CT molecular complexity index is 248. The second-order valence-corrected chi connectivity index (χ2v) is 2.72. The van der Waals surface area contributed by atoms with Gasteiger partial charge in [0.1, 0.15) is 4.34 Å². The number of rotatable bonds is 1. The van der Waals surface area contributed by atoms with Crippen LogP contribution < -0.4 is 11.3 Å². The van der Waals surface area contributed by atoms with E-state index in [2.05, 4.69) is 9.59 Å².